The van der Waals surface area contributed by atoms with Crippen LogP contribution in [0, 0.1) is 0 Å². The number of carbonyl (C=O) groups is 1. The second-order valence-corrected chi connectivity index (χ2v) is 8.48. The molecule has 0 spiro atoms. The number of fused-ring (bicyclic) bond motifs is 1. The monoisotopic (exact) mass is 481 g/mol. The molecule has 0 unspecified atom stereocenters. The quantitative estimate of drug-likeness (QED) is 0.193. The summed E-state index contributed by atoms with van der Waals surface area (Å²) in [7, 11) is 0. The molecular weight excluding hydrogens is 454 g/mol. The van der Waals surface area contributed by atoms with E-state index < -0.39 is 5.97 Å². The Balaban J connectivity index is 1.21. The van der Waals surface area contributed by atoms with E-state index in [0.29, 0.717) is 16.6 Å². The number of nitrogens with zero attached hydrogens (tertiary/aromatic N) is 5. The fourth-order valence-electron chi connectivity index (χ4n) is 3.87. The molecule has 8 nitrogen and oxygen atoms in total. The van der Waals surface area contributed by atoms with Crippen LogP contribution >= 0.6 is 0 Å². The van der Waals surface area contributed by atoms with Gasteiger partial charge in [-0.05, 0) is 65.7 Å². The van der Waals surface area contributed by atoms with Gasteiger partial charge in [0.1, 0.15) is 16.8 Å². The van der Waals surface area contributed by atoms with Crippen LogP contribution in [0.4, 0.5) is 0 Å². The summed E-state index contributed by atoms with van der Waals surface area (Å²) < 4.78 is 7.61. The first-order valence-electron chi connectivity index (χ1n) is 12.1. The molecule has 0 N–H and O–H groups in total. The highest BCUT2D eigenvalue weighted by Gasteiger charge is 2.13. The number of rotatable bonds is 10. The molecule has 0 aliphatic heterocycles. The van der Waals surface area contributed by atoms with Gasteiger partial charge in [0, 0.05) is 11.8 Å². The van der Waals surface area contributed by atoms with Gasteiger partial charge < -0.3 is 9.57 Å². The van der Waals surface area contributed by atoms with Gasteiger partial charge in [0.2, 0.25) is 0 Å². The van der Waals surface area contributed by atoms with Crippen LogP contribution < -0.4 is 9.57 Å². The Kier molecular flexibility index (Phi) is 7.02. The molecule has 0 bridgehead atoms. The summed E-state index contributed by atoms with van der Waals surface area (Å²) in [4.78, 5) is 19.1. The number of para-hydroxylation sites is 1. The van der Waals surface area contributed by atoms with Gasteiger partial charge in [-0.3, -0.25) is 0 Å². The third-order valence-electron chi connectivity index (χ3n) is 5.90. The van der Waals surface area contributed by atoms with Crippen LogP contribution in [0.15, 0.2) is 85.2 Å². The number of carbonyl (C=O) groups excluding carboxylic acids is 1. The van der Waals surface area contributed by atoms with E-state index in [9.17, 15) is 4.79 Å². The van der Waals surface area contributed by atoms with Crippen LogP contribution in [0.2, 0.25) is 0 Å². The predicted molar refractivity (Wildman–Crippen MR) is 137 cm³/mol. The van der Waals surface area contributed by atoms with E-state index in [2.05, 4.69) is 22.3 Å². The highest BCUT2D eigenvalue weighted by Crippen LogP contribution is 2.23. The number of aromatic nitrogens is 5. The number of benzene rings is 3. The molecule has 0 fully saturated rings. The number of unbranched alkanes of at least 4 members (excludes halogenated alkanes) is 3. The molecule has 0 aliphatic rings. The van der Waals surface area contributed by atoms with Gasteiger partial charge in [-0.25, -0.2) is 9.48 Å². The lowest BCUT2D eigenvalue weighted by molar-refractivity contribution is 0.0409. The summed E-state index contributed by atoms with van der Waals surface area (Å²) in [5.74, 6) is 0.357. The van der Waals surface area contributed by atoms with E-state index in [-0.39, 0.29) is 0 Å². The molecule has 0 amide bonds. The minimum Gasteiger partial charge on any atom is -0.494 e. The topological polar surface area (TPSA) is 84.1 Å². The van der Waals surface area contributed by atoms with Gasteiger partial charge in [0.05, 0.1) is 24.1 Å². The predicted octanol–water partition coefficient (Wildman–Crippen LogP) is 5.51. The zero-order chi connectivity index (χ0) is 24.7. The Labute approximate surface area is 209 Å². The molecule has 3 aromatic carbocycles. The SMILES string of the molecule is CCCCCCOc1ccc(-c2cnn(-c3ccc(C(=O)On4nnc5ccccc54)cc3)c2)cc1. The van der Waals surface area contributed by atoms with Crippen LogP contribution in [-0.4, -0.2) is 37.5 Å². The molecule has 5 rings (SSSR count). The van der Waals surface area contributed by atoms with Crippen molar-refractivity contribution in [1.82, 2.24) is 24.9 Å². The Morgan fingerprint density at radius 1 is 0.889 bits per heavy atom. The van der Waals surface area contributed by atoms with E-state index >= 15 is 0 Å². The Bertz CT molecular complexity index is 1440. The van der Waals surface area contributed by atoms with Crippen molar-refractivity contribution in [2.75, 3.05) is 6.61 Å². The van der Waals surface area contributed by atoms with Gasteiger partial charge in [-0.15, -0.1) is 5.10 Å². The van der Waals surface area contributed by atoms with E-state index in [0.717, 1.165) is 40.4 Å². The van der Waals surface area contributed by atoms with Crippen LogP contribution in [0.25, 0.3) is 27.8 Å². The molecule has 0 saturated heterocycles. The van der Waals surface area contributed by atoms with Crippen molar-refractivity contribution >= 4 is 17.0 Å². The lowest BCUT2D eigenvalue weighted by Gasteiger charge is -2.06. The minimum absolute atomic E-state index is 0.399. The third kappa shape index (κ3) is 5.27. The molecule has 8 heteroatoms. The molecule has 0 saturated carbocycles. The average molecular weight is 482 g/mol. The lowest BCUT2D eigenvalue weighted by Crippen LogP contribution is -2.21. The summed E-state index contributed by atoms with van der Waals surface area (Å²) in [6.07, 6.45) is 8.53. The Morgan fingerprint density at radius 2 is 1.69 bits per heavy atom. The maximum Gasteiger partial charge on any atom is 0.365 e. The van der Waals surface area contributed by atoms with Gasteiger partial charge in [0.15, 0.2) is 0 Å². The molecular formula is C28H27N5O3. The summed E-state index contributed by atoms with van der Waals surface area (Å²) in [6.45, 7) is 2.95. The van der Waals surface area contributed by atoms with Gasteiger partial charge in [-0.1, -0.05) is 55.3 Å². The van der Waals surface area contributed by atoms with Crippen molar-refractivity contribution in [1.29, 1.82) is 0 Å². The first-order chi connectivity index (χ1) is 17.7. The van der Waals surface area contributed by atoms with E-state index in [1.807, 2.05) is 60.9 Å². The fourth-order valence-corrected chi connectivity index (χ4v) is 3.87. The largest absolute Gasteiger partial charge is 0.494 e. The molecule has 0 aliphatic carbocycles. The van der Waals surface area contributed by atoms with E-state index in [1.54, 1.807) is 28.9 Å². The van der Waals surface area contributed by atoms with Crippen molar-refractivity contribution in [3.8, 4) is 22.6 Å². The summed E-state index contributed by atoms with van der Waals surface area (Å²) in [5.41, 5.74) is 4.55. The van der Waals surface area contributed by atoms with Crippen molar-refractivity contribution < 1.29 is 14.4 Å². The smallest absolute Gasteiger partial charge is 0.365 e. The second-order valence-electron chi connectivity index (χ2n) is 8.48. The van der Waals surface area contributed by atoms with Crippen LogP contribution in [0.5, 0.6) is 5.75 Å². The first kappa shape index (κ1) is 23.3. The van der Waals surface area contributed by atoms with Gasteiger partial charge in [0.25, 0.3) is 0 Å². The zero-order valence-electron chi connectivity index (χ0n) is 20.1. The van der Waals surface area contributed by atoms with E-state index in [4.69, 9.17) is 9.57 Å². The molecule has 0 radical (unpaired) electrons. The van der Waals surface area contributed by atoms with Gasteiger partial charge in [-0.2, -0.15) is 5.10 Å². The standard InChI is InChI=1S/C28H27N5O3/c1-2-3-4-7-18-35-25-16-12-21(13-17-25)23-19-29-32(20-23)24-14-10-22(11-15-24)28(34)36-33-27-9-6-5-8-26(27)30-31-33/h5-6,8-17,19-20H,2-4,7,18H2,1H3. The maximum absolute atomic E-state index is 12.6. The lowest BCUT2D eigenvalue weighted by atomic mass is 10.1. The van der Waals surface area contributed by atoms with Crippen molar-refractivity contribution in [2.45, 2.75) is 32.6 Å². The molecule has 5 aromatic rings. The van der Waals surface area contributed by atoms with Crippen molar-refractivity contribution in [3.05, 3.63) is 90.8 Å². The normalized spacial score (nSPS) is 11.0. The average Bonchev–Trinajstić information content (AvgIpc) is 3.57. The first-order valence-corrected chi connectivity index (χ1v) is 12.1. The number of hydrogen-bond donors (Lipinski definition) is 0. The molecule has 2 aromatic heterocycles. The van der Waals surface area contributed by atoms with Crippen LogP contribution in [-0.2, 0) is 0 Å². The number of hydrogen-bond acceptors (Lipinski definition) is 6. The summed E-state index contributed by atoms with van der Waals surface area (Å²) in [6, 6.07) is 22.4. The van der Waals surface area contributed by atoms with Gasteiger partial charge >= 0.3 is 5.97 Å². The van der Waals surface area contributed by atoms with Crippen molar-refractivity contribution in [3.63, 3.8) is 0 Å². The summed E-state index contributed by atoms with van der Waals surface area (Å²) in [5, 5.41) is 12.4. The molecule has 0 atom stereocenters. The number of ether oxygens (including phenoxy) is 1. The van der Waals surface area contributed by atoms with E-state index in [1.165, 1.54) is 19.3 Å². The summed E-state index contributed by atoms with van der Waals surface area (Å²) >= 11 is 0. The van der Waals surface area contributed by atoms with Crippen LogP contribution in [0.1, 0.15) is 43.0 Å². The van der Waals surface area contributed by atoms with Crippen molar-refractivity contribution in [2.24, 2.45) is 0 Å². The van der Waals surface area contributed by atoms with Crippen LogP contribution in [0.3, 0.4) is 0 Å². The minimum atomic E-state index is -0.522. The molecule has 36 heavy (non-hydrogen) atoms. The highest BCUT2D eigenvalue weighted by atomic mass is 16.7. The molecule has 2 heterocycles. The third-order valence-corrected chi connectivity index (χ3v) is 5.90. The second kappa shape index (κ2) is 10.9. The zero-order valence-corrected chi connectivity index (χ0v) is 20.1. The maximum atomic E-state index is 12.6. The fraction of sp³-hybridized carbons (Fsp3) is 0.214. The highest BCUT2D eigenvalue weighted by molar-refractivity contribution is 5.90. The Hall–Kier alpha value is -4.46. The Morgan fingerprint density at radius 3 is 2.50 bits per heavy atom. The molecule has 182 valence electrons.